The molecule has 1 aliphatic rings. The molecule has 1 saturated heterocycles. The van der Waals surface area contributed by atoms with Crippen molar-refractivity contribution in [2.24, 2.45) is 0 Å². The van der Waals surface area contributed by atoms with Crippen LogP contribution in [0, 0.1) is 0 Å². The van der Waals surface area contributed by atoms with Crippen LogP contribution in [-0.2, 0) is 17.8 Å². The van der Waals surface area contributed by atoms with Crippen LogP contribution in [0.2, 0.25) is 0 Å². The van der Waals surface area contributed by atoms with Crippen molar-refractivity contribution in [3.63, 3.8) is 0 Å². The molecule has 5 rings (SSSR count). The minimum atomic E-state index is -1.18. The number of piperidine rings is 1. The Hall–Kier alpha value is -4.23. The largest absolute Gasteiger partial charge is 0.530 e. The molecule has 1 aliphatic heterocycles. The number of carboxylic acid groups (broad SMARTS) is 1. The van der Waals surface area contributed by atoms with Crippen LogP contribution in [0.25, 0.3) is 10.8 Å². The Balaban J connectivity index is 1.25. The summed E-state index contributed by atoms with van der Waals surface area (Å²) >= 11 is 0. The molecule has 1 heterocycles. The molecule has 0 saturated carbocycles. The summed E-state index contributed by atoms with van der Waals surface area (Å²) in [6.07, 6.45) is 2.21. The van der Waals surface area contributed by atoms with Crippen LogP contribution in [0.5, 0.6) is 17.2 Å². The van der Waals surface area contributed by atoms with Gasteiger partial charge in [-0.15, -0.1) is 0 Å². The van der Waals surface area contributed by atoms with Gasteiger partial charge in [-0.1, -0.05) is 66.7 Å². The van der Waals surface area contributed by atoms with E-state index >= 15 is 0 Å². The first-order valence-corrected chi connectivity index (χ1v) is 14.5. The Morgan fingerprint density at radius 3 is 2.36 bits per heavy atom. The lowest BCUT2D eigenvalue weighted by Crippen LogP contribution is -2.51. The van der Waals surface area contributed by atoms with Crippen molar-refractivity contribution in [2.45, 2.75) is 44.3 Å². The topological polar surface area (TPSA) is 80.3 Å². The molecule has 0 spiro atoms. The van der Waals surface area contributed by atoms with Crippen molar-refractivity contribution >= 4 is 16.9 Å². The van der Waals surface area contributed by atoms with Gasteiger partial charge in [0, 0.05) is 35.3 Å². The zero-order valence-corrected chi connectivity index (χ0v) is 24.3. The highest BCUT2D eigenvalue weighted by Crippen LogP contribution is 2.38. The number of aryl methyl sites for hydroxylation is 1. The van der Waals surface area contributed by atoms with Crippen LogP contribution in [0.15, 0.2) is 84.9 Å². The van der Waals surface area contributed by atoms with E-state index in [1.807, 2.05) is 48.5 Å². The zero-order chi connectivity index (χ0) is 29.3. The Labute approximate surface area is 247 Å². The number of likely N-dealkylation sites (tertiary alicyclic amines) is 1. The maximum atomic E-state index is 11.7. The van der Waals surface area contributed by atoms with E-state index in [9.17, 15) is 9.90 Å². The highest BCUT2D eigenvalue weighted by molar-refractivity contribution is 5.94. The van der Waals surface area contributed by atoms with Crippen LogP contribution in [0.1, 0.15) is 41.9 Å². The molecule has 0 N–H and O–H groups in total. The molecule has 2 unspecified atom stereocenters. The molecule has 4 aromatic rings. The predicted octanol–water partition coefficient (Wildman–Crippen LogP) is 5.98. The first-order chi connectivity index (χ1) is 20.6. The minimum absolute atomic E-state index is 0.0221. The van der Waals surface area contributed by atoms with Crippen LogP contribution in [0.4, 0.5) is 4.79 Å². The van der Waals surface area contributed by atoms with Gasteiger partial charge in [-0.3, -0.25) is 0 Å². The summed E-state index contributed by atoms with van der Waals surface area (Å²) < 4.78 is 23.9. The van der Waals surface area contributed by atoms with Gasteiger partial charge in [-0.25, -0.2) is 0 Å². The second-order valence-electron chi connectivity index (χ2n) is 10.6. The van der Waals surface area contributed by atoms with Crippen LogP contribution < -0.4 is 19.3 Å². The summed E-state index contributed by atoms with van der Waals surface area (Å²) in [6.45, 7) is 1.55. The molecule has 7 nitrogen and oxygen atoms in total. The molecule has 0 radical (unpaired) electrons. The van der Waals surface area contributed by atoms with Gasteiger partial charge in [0.1, 0.15) is 23.3 Å². The second kappa shape index (κ2) is 14.1. The highest BCUT2D eigenvalue weighted by atomic mass is 16.5. The average Bonchev–Trinajstić information content (AvgIpc) is 3.03. The van der Waals surface area contributed by atoms with E-state index in [1.165, 1.54) is 10.5 Å². The molecular formula is C35H38NO6-. The SMILES string of the molecule is COc1cc(COC2CN(C(=O)[O-])CCC2c2ccc(OCCCCc3ccccc3)cc2)c(OC)c2ccccc12. The standard InChI is InChI=1S/C35H39NO6/c1-39-32-22-27(34(40-2)31-14-7-6-13-30(31)32)24-42-33-23-36(35(37)38)20-19-29(33)26-15-17-28(18-16-26)41-21-9-8-12-25-10-4-3-5-11-25/h3-7,10-11,13-18,22,29,33H,8-9,12,19-21,23-24H2,1-2H3,(H,37,38)/p-1. The van der Waals surface area contributed by atoms with Crippen LogP contribution >= 0.6 is 0 Å². The Morgan fingerprint density at radius 2 is 1.64 bits per heavy atom. The lowest BCUT2D eigenvalue weighted by molar-refractivity contribution is -0.268. The third-order valence-electron chi connectivity index (χ3n) is 8.01. The number of nitrogens with zero attached hydrogens (tertiary/aromatic N) is 1. The predicted molar refractivity (Wildman–Crippen MR) is 161 cm³/mol. The number of carbonyl (C=O) groups excluding carboxylic acids is 1. The number of benzene rings is 4. The van der Waals surface area contributed by atoms with Crippen molar-refractivity contribution < 1.29 is 28.8 Å². The van der Waals surface area contributed by atoms with Gasteiger partial charge in [-0.2, -0.15) is 0 Å². The van der Waals surface area contributed by atoms with Gasteiger partial charge >= 0.3 is 0 Å². The number of methoxy groups -OCH3 is 2. The number of ether oxygens (including phenoxy) is 4. The number of carbonyl (C=O) groups is 1. The van der Waals surface area contributed by atoms with Crippen molar-refractivity contribution in [3.8, 4) is 17.2 Å². The Morgan fingerprint density at radius 1 is 0.905 bits per heavy atom. The Bertz CT molecular complexity index is 1460. The average molecular weight is 569 g/mol. The summed E-state index contributed by atoms with van der Waals surface area (Å²) in [5.41, 5.74) is 3.28. The smallest absolute Gasteiger partial charge is 0.137 e. The third kappa shape index (κ3) is 6.97. The molecule has 1 amide bonds. The molecule has 0 aliphatic carbocycles. The van der Waals surface area contributed by atoms with E-state index in [1.54, 1.807) is 14.2 Å². The lowest BCUT2D eigenvalue weighted by Gasteiger charge is -2.40. The van der Waals surface area contributed by atoms with Gasteiger partial charge < -0.3 is 33.7 Å². The fourth-order valence-electron chi connectivity index (χ4n) is 5.79. The van der Waals surface area contributed by atoms with E-state index < -0.39 is 6.09 Å². The normalized spacial score (nSPS) is 16.8. The van der Waals surface area contributed by atoms with Crippen molar-refractivity contribution in [2.75, 3.05) is 33.9 Å². The van der Waals surface area contributed by atoms with Crippen molar-refractivity contribution in [1.29, 1.82) is 0 Å². The van der Waals surface area contributed by atoms with E-state index in [0.29, 0.717) is 19.6 Å². The van der Waals surface area contributed by atoms with Gasteiger partial charge in [0.05, 0.1) is 33.5 Å². The molecule has 42 heavy (non-hydrogen) atoms. The first-order valence-electron chi connectivity index (χ1n) is 14.5. The van der Waals surface area contributed by atoms with Gasteiger partial charge in [0.25, 0.3) is 0 Å². The monoisotopic (exact) mass is 568 g/mol. The fraction of sp³-hybridized carbons (Fsp3) is 0.343. The van der Waals surface area contributed by atoms with Crippen LogP contribution in [-0.4, -0.2) is 51.0 Å². The summed E-state index contributed by atoms with van der Waals surface area (Å²) in [5.74, 6) is 2.31. The molecule has 1 fully saturated rings. The number of hydrogen-bond acceptors (Lipinski definition) is 6. The van der Waals surface area contributed by atoms with E-state index in [2.05, 4.69) is 36.4 Å². The number of rotatable bonds is 12. The van der Waals surface area contributed by atoms with Gasteiger partial charge in [0.2, 0.25) is 0 Å². The highest BCUT2D eigenvalue weighted by Gasteiger charge is 2.32. The summed E-state index contributed by atoms with van der Waals surface area (Å²) in [5, 5.41) is 13.6. The van der Waals surface area contributed by atoms with Gasteiger partial charge in [-0.05, 0) is 55.0 Å². The first kappa shape index (κ1) is 29.3. The fourth-order valence-corrected chi connectivity index (χ4v) is 5.79. The number of hydrogen-bond donors (Lipinski definition) is 0. The lowest BCUT2D eigenvalue weighted by atomic mass is 9.87. The van der Waals surface area contributed by atoms with Crippen LogP contribution in [0.3, 0.4) is 0 Å². The molecule has 2 atom stereocenters. The third-order valence-corrected chi connectivity index (χ3v) is 8.01. The maximum Gasteiger partial charge on any atom is 0.137 e. The summed E-state index contributed by atoms with van der Waals surface area (Å²) in [7, 11) is 3.29. The number of unbranched alkanes of at least 4 members (excludes halogenated alkanes) is 1. The summed E-state index contributed by atoms with van der Waals surface area (Å²) in [6, 6.07) is 28.5. The number of fused-ring (bicyclic) bond motifs is 1. The van der Waals surface area contributed by atoms with Crippen molar-refractivity contribution in [1.82, 2.24) is 4.90 Å². The zero-order valence-electron chi connectivity index (χ0n) is 24.3. The van der Waals surface area contributed by atoms with E-state index in [-0.39, 0.29) is 25.2 Å². The van der Waals surface area contributed by atoms with Gasteiger partial charge in [0.15, 0.2) is 0 Å². The molecule has 0 aromatic heterocycles. The summed E-state index contributed by atoms with van der Waals surface area (Å²) in [4.78, 5) is 13.1. The quantitative estimate of drug-likeness (QED) is 0.196. The second-order valence-corrected chi connectivity index (χ2v) is 10.6. The molecule has 4 aromatic carbocycles. The van der Waals surface area contributed by atoms with E-state index in [0.717, 1.165) is 58.4 Å². The molecular weight excluding hydrogens is 530 g/mol. The Kier molecular flexibility index (Phi) is 9.82. The van der Waals surface area contributed by atoms with Crippen molar-refractivity contribution in [3.05, 3.63) is 102 Å². The van der Waals surface area contributed by atoms with E-state index in [4.69, 9.17) is 18.9 Å². The molecule has 220 valence electrons. The maximum absolute atomic E-state index is 11.7. The number of amides is 1. The molecule has 0 bridgehead atoms. The molecule has 7 heteroatoms. The minimum Gasteiger partial charge on any atom is -0.530 e.